The molecule has 0 aromatic carbocycles. The van der Waals surface area contributed by atoms with Crippen LogP contribution in [0.2, 0.25) is 0 Å². The molecule has 2 amide bonds. The second-order valence-electron chi connectivity index (χ2n) is 7.85. The van der Waals surface area contributed by atoms with E-state index < -0.39 is 0 Å². The Balaban J connectivity index is 1.29. The van der Waals surface area contributed by atoms with Gasteiger partial charge < -0.3 is 14.8 Å². The van der Waals surface area contributed by atoms with Crippen molar-refractivity contribution >= 4 is 6.03 Å². The molecule has 1 saturated heterocycles. The number of amides is 2. The first-order valence-corrected chi connectivity index (χ1v) is 9.70. The zero-order valence-corrected chi connectivity index (χ0v) is 14.6. The van der Waals surface area contributed by atoms with Gasteiger partial charge in [-0.1, -0.05) is 19.3 Å². The first kappa shape index (κ1) is 15.9. The van der Waals surface area contributed by atoms with E-state index in [1.807, 2.05) is 4.90 Å². The van der Waals surface area contributed by atoms with Crippen LogP contribution in [0.1, 0.15) is 69.4 Å². The number of hydrogen-bond donors (Lipinski definition) is 1. The number of rotatable bonds is 2. The highest BCUT2D eigenvalue weighted by atomic mass is 16.2. The molecule has 2 fully saturated rings. The fraction of sp³-hybridized carbons (Fsp3) is 0.833. The lowest BCUT2D eigenvalue weighted by molar-refractivity contribution is 0.0810. The third-order valence-electron chi connectivity index (χ3n) is 6.36. The normalized spacial score (nSPS) is 23.1. The van der Waals surface area contributed by atoms with Crippen LogP contribution in [0.15, 0.2) is 0 Å². The largest absolute Gasteiger partial charge is 0.331 e. The van der Waals surface area contributed by atoms with Crippen LogP contribution in [0.3, 0.4) is 0 Å². The molecule has 3 aliphatic rings. The summed E-state index contributed by atoms with van der Waals surface area (Å²) in [5.74, 6) is 1.97. The predicted molar refractivity (Wildman–Crippen MR) is 91.5 cm³/mol. The zero-order valence-electron chi connectivity index (χ0n) is 14.6. The molecule has 1 aliphatic carbocycles. The topological polar surface area (TPSA) is 63.1 Å². The molecule has 6 heteroatoms. The summed E-state index contributed by atoms with van der Waals surface area (Å²) in [7, 11) is 0. The van der Waals surface area contributed by atoms with E-state index in [9.17, 15) is 4.79 Å². The van der Waals surface area contributed by atoms with Gasteiger partial charge in [-0.15, -0.1) is 10.2 Å². The first-order chi connectivity index (χ1) is 11.8. The number of urea groups is 1. The molecule has 1 spiro atoms. The van der Waals surface area contributed by atoms with Crippen LogP contribution in [0, 0.1) is 5.41 Å². The Morgan fingerprint density at radius 3 is 2.54 bits per heavy atom. The third kappa shape index (κ3) is 3.15. The van der Waals surface area contributed by atoms with Gasteiger partial charge in [0, 0.05) is 26.1 Å². The molecule has 2 aliphatic heterocycles. The summed E-state index contributed by atoms with van der Waals surface area (Å²) in [6.45, 7) is 3.29. The summed E-state index contributed by atoms with van der Waals surface area (Å²) < 4.78 is 2.18. The molecule has 0 unspecified atom stereocenters. The number of carbonyl (C=O) groups excluding carboxylic acids is 1. The van der Waals surface area contributed by atoms with Crippen molar-refractivity contribution in [2.24, 2.45) is 5.41 Å². The van der Waals surface area contributed by atoms with Gasteiger partial charge in [-0.3, -0.25) is 0 Å². The summed E-state index contributed by atoms with van der Waals surface area (Å²) >= 11 is 0. The van der Waals surface area contributed by atoms with E-state index in [0.29, 0.717) is 12.0 Å². The van der Waals surface area contributed by atoms with Crippen LogP contribution in [0.25, 0.3) is 0 Å². The first-order valence-electron chi connectivity index (χ1n) is 9.70. The average Bonchev–Trinajstić information content (AvgIpc) is 3.04. The lowest BCUT2D eigenvalue weighted by atomic mass is 9.68. The Kier molecular flexibility index (Phi) is 4.46. The zero-order chi connectivity index (χ0) is 16.4. The van der Waals surface area contributed by atoms with E-state index in [0.717, 1.165) is 37.7 Å². The van der Waals surface area contributed by atoms with E-state index in [2.05, 4.69) is 20.1 Å². The standard InChI is InChI=1S/C18H29N5O/c24-17(19-14-16-21-20-15-6-2-5-11-23(15)16)22-12-9-18(10-13-22)7-3-1-4-8-18/h1-14H2,(H,19,24). The minimum absolute atomic E-state index is 0.0637. The van der Waals surface area contributed by atoms with E-state index >= 15 is 0 Å². The van der Waals surface area contributed by atoms with Crippen molar-refractivity contribution in [3.8, 4) is 0 Å². The fourth-order valence-electron chi connectivity index (χ4n) is 4.75. The summed E-state index contributed by atoms with van der Waals surface area (Å²) in [6, 6.07) is 0.0637. The SMILES string of the molecule is O=C(NCc1nnc2n1CCCC2)N1CCC2(CCCCC2)CC1. The number of nitrogens with zero attached hydrogens (tertiary/aromatic N) is 4. The van der Waals surface area contributed by atoms with Crippen molar-refractivity contribution in [3.63, 3.8) is 0 Å². The predicted octanol–water partition coefficient (Wildman–Crippen LogP) is 2.87. The number of aromatic nitrogens is 3. The van der Waals surface area contributed by atoms with Gasteiger partial charge in [0.25, 0.3) is 0 Å². The number of hydrogen-bond acceptors (Lipinski definition) is 3. The summed E-state index contributed by atoms with van der Waals surface area (Å²) in [6.07, 6.45) is 12.6. The van der Waals surface area contributed by atoms with E-state index in [-0.39, 0.29) is 6.03 Å². The number of likely N-dealkylation sites (tertiary alicyclic amines) is 1. The number of carbonyl (C=O) groups is 1. The molecule has 4 rings (SSSR count). The van der Waals surface area contributed by atoms with Crippen molar-refractivity contribution in [1.82, 2.24) is 25.0 Å². The number of nitrogens with one attached hydrogen (secondary N) is 1. The van der Waals surface area contributed by atoms with Gasteiger partial charge in [0.2, 0.25) is 0 Å². The van der Waals surface area contributed by atoms with E-state index in [4.69, 9.17) is 0 Å². The third-order valence-corrected chi connectivity index (χ3v) is 6.36. The molecule has 0 atom stereocenters. The highest BCUT2D eigenvalue weighted by Crippen LogP contribution is 2.44. The fourth-order valence-corrected chi connectivity index (χ4v) is 4.75. The van der Waals surface area contributed by atoms with Crippen LogP contribution >= 0.6 is 0 Å². The van der Waals surface area contributed by atoms with Crippen molar-refractivity contribution in [2.45, 2.75) is 77.3 Å². The quantitative estimate of drug-likeness (QED) is 0.906. The molecule has 24 heavy (non-hydrogen) atoms. The van der Waals surface area contributed by atoms with Gasteiger partial charge in [-0.05, 0) is 43.9 Å². The summed E-state index contributed by atoms with van der Waals surface area (Å²) in [5.41, 5.74) is 0.543. The Hall–Kier alpha value is -1.59. The van der Waals surface area contributed by atoms with Crippen molar-refractivity contribution < 1.29 is 4.79 Å². The minimum atomic E-state index is 0.0637. The van der Waals surface area contributed by atoms with Gasteiger partial charge in [0.15, 0.2) is 5.82 Å². The monoisotopic (exact) mass is 331 g/mol. The second kappa shape index (κ2) is 6.73. The van der Waals surface area contributed by atoms with E-state index in [1.54, 1.807) is 0 Å². The lowest BCUT2D eigenvalue weighted by Gasteiger charge is -2.44. The molecule has 3 heterocycles. The number of fused-ring (bicyclic) bond motifs is 1. The highest BCUT2D eigenvalue weighted by molar-refractivity contribution is 5.74. The molecule has 132 valence electrons. The molecule has 6 nitrogen and oxygen atoms in total. The lowest BCUT2D eigenvalue weighted by Crippen LogP contribution is -2.47. The van der Waals surface area contributed by atoms with Crippen LogP contribution in [-0.2, 0) is 19.5 Å². The van der Waals surface area contributed by atoms with Crippen molar-refractivity contribution in [2.75, 3.05) is 13.1 Å². The van der Waals surface area contributed by atoms with Crippen LogP contribution < -0.4 is 5.32 Å². The summed E-state index contributed by atoms with van der Waals surface area (Å²) in [5, 5.41) is 11.6. The molecular formula is C18H29N5O. The smallest absolute Gasteiger partial charge is 0.317 e. The Labute approximate surface area is 144 Å². The van der Waals surface area contributed by atoms with Gasteiger partial charge >= 0.3 is 6.03 Å². The maximum absolute atomic E-state index is 12.5. The van der Waals surface area contributed by atoms with Crippen molar-refractivity contribution in [1.29, 1.82) is 0 Å². The van der Waals surface area contributed by atoms with Gasteiger partial charge in [-0.2, -0.15) is 0 Å². The van der Waals surface area contributed by atoms with E-state index in [1.165, 1.54) is 57.8 Å². The molecule has 1 N–H and O–H groups in total. The Bertz CT molecular complexity index is 580. The molecule has 1 saturated carbocycles. The van der Waals surface area contributed by atoms with Gasteiger partial charge in [-0.25, -0.2) is 4.79 Å². The average molecular weight is 331 g/mol. The molecule has 1 aromatic rings. The Morgan fingerprint density at radius 1 is 0.958 bits per heavy atom. The molecule has 0 radical (unpaired) electrons. The van der Waals surface area contributed by atoms with Crippen LogP contribution in [0.4, 0.5) is 4.79 Å². The van der Waals surface area contributed by atoms with Crippen LogP contribution in [-0.4, -0.2) is 38.8 Å². The second-order valence-corrected chi connectivity index (χ2v) is 7.85. The molecule has 1 aromatic heterocycles. The van der Waals surface area contributed by atoms with Gasteiger partial charge in [0.05, 0.1) is 6.54 Å². The maximum Gasteiger partial charge on any atom is 0.317 e. The number of aryl methyl sites for hydroxylation is 1. The maximum atomic E-state index is 12.5. The minimum Gasteiger partial charge on any atom is -0.331 e. The van der Waals surface area contributed by atoms with Crippen molar-refractivity contribution in [3.05, 3.63) is 11.6 Å². The van der Waals surface area contributed by atoms with Crippen LogP contribution in [0.5, 0.6) is 0 Å². The molecular weight excluding hydrogens is 302 g/mol. The molecule has 0 bridgehead atoms. The number of piperidine rings is 1. The van der Waals surface area contributed by atoms with Gasteiger partial charge in [0.1, 0.15) is 5.82 Å². The highest BCUT2D eigenvalue weighted by Gasteiger charge is 2.36. The Morgan fingerprint density at radius 2 is 1.75 bits per heavy atom. The summed E-state index contributed by atoms with van der Waals surface area (Å²) in [4.78, 5) is 14.5.